The molecule has 0 saturated heterocycles. The highest BCUT2D eigenvalue weighted by molar-refractivity contribution is 7.10. The Morgan fingerprint density at radius 3 is 2.45 bits per heavy atom. The van der Waals surface area contributed by atoms with Gasteiger partial charge < -0.3 is 29.0 Å². The highest BCUT2D eigenvalue weighted by atomic mass is 32.1. The molecule has 31 heavy (non-hydrogen) atoms. The molecule has 0 aliphatic carbocycles. The van der Waals surface area contributed by atoms with Crippen molar-refractivity contribution in [3.05, 3.63) is 53.3 Å². The number of ether oxygens (including phenoxy) is 5. The lowest BCUT2D eigenvalue weighted by molar-refractivity contribution is 0.0599. The Labute approximate surface area is 182 Å². The quantitative estimate of drug-likeness (QED) is 0.479. The van der Waals surface area contributed by atoms with Crippen LogP contribution in [0.1, 0.15) is 15.9 Å². The molecule has 10 heteroatoms. The van der Waals surface area contributed by atoms with Crippen LogP contribution in [0.4, 0.5) is 9.39 Å². The summed E-state index contributed by atoms with van der Waals surface area (Å²) in [5.41, 5.74) is 0.885. The van der Waals surface area contributed by atoms with Gasteiger partial charge in [-0.05, 0) is 35.8 Å². The predicted molar refractivity (Wildman–Crippen MR) is 113 cm³/mol. The van der Waals surface area contributed by atoms with E-state index in [9.17, 15) is 9.18 Å². The summed E-state index contributed by atoms with van der Waals surface area (Å²) in [7, 11) is 5.71. The lowest BCUT2D eigenvalue weighted by Gasteiger charge is -2.12. The molecule has 0 atom stereocenters. The molecular weight excluding hydrogens is 427 g/mol. The van der Waals surface area contributed by atoms with Crippen molar-refractivity contribution in [2.24, 2.45) is 0 Å². The molecule has 0 unspecified atom stereocenters. The smallest absolute Gasteiger partial charge is 0.346 e. The number of carbonyl (C=O) groups excluding carboxylic acids is 1. The second kappa shape index (κ2) is 9.98. The first-order chi connectivity index (χ1) is 15.0. The molecule has 3 aromatic rings. The molecular formula is C21H21FN2O6S. The SMILES string of the molecule is COC(=O)c1c(Oc2cccc(OC)c2F)nsc1NCc1ccc(OC)cc1OC. The first kappa shape index (κ1) is 22.2. The van der Waals surface area contributed by atoms with E-state index in [-0.39, 0.29) is 22.9 Å². The molecule has 1 N–H and O–H groups in total. The molecule has 3 rings (SSSR count). The molecule has 1 aromatic heterocycles. The van der Waals surface area contributed by atoms with Gasteiger partial charge >= 0.3 is 5.97 Å². The van der Waals surface area contributed by atoms with Crippen molar-refractivity contribution in [2.45, 2.75) is 6.54 Å². The van der Waals surface area contributed by atoms with Crippen LogP contribution in [-0.4, -0.2) is 38.8 Å². The molecule has 0 spiro atoms. The predicted octanol–water partition coefficient (Wildman–Crippen LogP) is 4.50. The van der Waals surface area contributed by atoms with Gasteiger partial charge in [-0.15, -0.1) is 0 Å². The van der Waals surface area contributed by atoms with Crippen LogP contribution in [-0.2, 0) is 11.3 Å². The Balaban J connectivity index is 1.87. The number of hydrogen-bond acceptors (Lipinski definition) is 9. The first-order valence-corrected chi connectivity index (χ1v) is 9.82. The van der Waals surface area contributed by atoms with E-state index in [0.29, 0.717) is 23.0 Å². The zero-order chi connectivity index (χ0) is 22.4. The molecule has 0 aliphatic rings. The number of benzene rings is 2. The molecule has 164 valence electrons. The van der Waals surface area contributed by atoms with Gasteiger partial charge in [0.1, 0.15) is 16.5 Å². The van der Waals surface area contributed by atoms with Crippen LogP contribution in [0.2, 0.25) is 0 Å². The van der Waals surface area contributed by atoms with Crippen LogP contribution < -0.4 is 24.3 Å². The van der Waals surface area contributed by atoms with Crippen LogP contribution >= 0.6 is 11.5 Å². The van der Waals surface area contributed by atoms with Crippen LogP contribution in [0.3, 0.4) is 0 Å². The average Bonchev–Trinajstić information content (AvgIpc) is 3.20. The fraction of sp³-hybridized carbons (Fsp3) is 0.238. The Morgan fingerprint density at radius 1 is 1.03 bits per heavy atom. The van der Waals surface area contributed by atoms with E-state index in [1.165, 1.54) is 26.4 Å². The van der Waals surface area contributed by atoms with Gasteiger partial charge in [-0.1, -0.05) is 6.07 Å². The van der Waals surface area contributed by atoms with Crippen molar-refractivity contribution in [1.82, 2.24) is 4.37 Å². The maximum atomic E-state index is 14.5. The van der Waals surface area contributed by atoms with Gasteiger partial charge in [0.25, 0.3) is 0 Å². The van der Waals surface area contributed by atoms with Gasteiger partial charge in [-0.25, -0.2) is 4.79 Å². The van der Waals surface area contributed by atoms with E-state index in [1.54, 1.807) is 32.4 Å². The summed E-state index contributed by atoms with van der Waals surface area (Å²) in [5.74, 6) is -0.290. The van der Waals surface area contributed by atoms with Gasteiger partial charge in [0.2, 0.25) is 11.7 Å². The normalized spacial score (nSPS) is 10.4. The third-order valence-corrected chi connectivity index (χ3v) is 5.13. The number of aromatic nitrogens is 1. The van der Waals surface area contributed by atoms with Gasteiger partial charge in [-0.2, -0.15) is 8.76 Å². The minimum atomic E-state index is -0.703. The van der Waals surface area contributed by atoms with E-state index in [0.717, 1.165) is 17.1 Å². The summed E-state index contributed by atoms with van der Waals surface area (Å²) in [6.45, 7) is 0.326. The third kappa shape index (κ3) is 4.80. The number of nitrogens with one attached hydrogen (secondary N) is 1. The number of hydrogen-bond donors (Lipinski definition) is 1. The van der Waals surface area contributed by atoms with Crippen LogP contribution in [0.25, 0.3) is 0 Å². The zero-order valence-corrected chi connectivity index (χ0v) is 18.2. The minimum absolute atomic E-state index is 0.0114. The molecule has 0 fully saturated rings. The second-order valence-corrected chi connectivity index (χ2v) is 6.86. The average molecular weight is 448 g/mol. The number of halogens is 1. The Bertz CT molecular complexity index is 1070. The summed E-state index contributed by atoms with van der Waals surface area (Å²) >= 11 is 0.989. The maximum absolute atomic E-state index is 14.5. The van der Waals surface area contributed by atoms with Gasteiger partial charge in [-0.3, -0.25) is 0 Å². The lowest BCUT2D eigenvalue weighted by atomic mass is 10.2. The molecule has 0 aliphatic heterocycles. The van der Waals surface area contributed by atoms with Crippen LogP contribution in [0.5, 0.6) is 28.9 Å². The Hall–Kier alpha value is -3.53. The number of anilines is 1. The number of rotatable bonds is 9. The molecule has 0 bridgehead atoms. The van der Waals surface area contributed by atoms with Crippen molar-refractivity contribution in [3.63, 3.8) is 0 Å². The fourth-order valence-corrected chi connectivity index (χ4v) is 3.45. The Kier molecular flexibility index (Phi) is 7.14. The molecule has 0 saturated carbocycles. The molecule has 1 heterocycles. The largest absolute Gasteiger partial charge is 0.497 e. The standard InChI is InChI=1S/C21H21FN2O6S/c1-26-13-9-8-12(16(10-13)28-3)11-23-20-17(21(25)29-4)19(24-31-20)30-15-7-5-6-14(27-2)18(15)22/h5-10,23H,11H2,1-4H3. The lowest BCUT2D eigenvalue weighted by Crippen LogP contribution is -2.08. The Morgan fingerprint density at radius 2 is 1.77 bits per heavy atom. The topological polar surface area (TPSA) is 88.1 Å². The minimum Gasteiger partial charge on any atom is -0.497 e. The maximum Gasteiger partial charge on any atom is 0.346 e. The van der Waals surface area contributed by atoms with E-state index in [4.69, 9.17) is 23.7 Å². The fourth-order valence-electron chi connectivity index (χ4n) is 2.75. The number of methoxy groups -OCH3 is 4. The van der Waals surface area contributed by atoms with Crippen LogP contribution in [0.15, 0.2) is 36.4 Å². The number of esters is 1. The van der Waals surface area contributed by atoms with Crippen LogP contribution in [0, 0.1) is 5.82 Å². The van der Waals surface area contributed by atoms with E-state index in [1.807, 2.05) is 6.07 Å². The summed E-state index contributed by atoms with van der Waals surface area (Å²) in [6.07, 6.45) is 0. The van der Waals surface area contributed by atoms with E-state index < -0.39 is 11.8 Å². The second-order valence-electron chi connectivity index (χ2n) is 6.09. The number of nitrogens with zero attached hydrogens (tertiary/aromatic N) is 1. The highest BCUT2D eigenvalue weighted by Gasteiger charge is 2.25. The van der Waals surface area contributed by atoms with E-state index in [2.05, 4.69) is 9.69 Å². The van der Waals surface area contributed by atoms with Crippen molar-refractivity contribution in [2.75, 3.05) is 33.8 Å². The number of carbonyl (C=O) groups is 1. The summed E-state index contributed by atoms with van der Waals surface area (Å²) < 4.78 is 44.6. The van der Waals surface area contributed by atoms with Crippen molar-refractivity contribution < 1.29 is 32.9 Å². The van der Waals surface area contributed by atoms with E-state index >= 15 is 0 Å². The van der Waals surface area contributed by atoms with Gasteiger partial charge in [0.15, 0.2) is 17.1 Å². The van der Waals surface area contributed by atoms with Crippen molar-refractivity contribution in [3.8, 4) is 28.9 Å². The molecule has 8 nitrogen and oxygen atoms in total. The molecule has 0 radical (unpaired) electrons. The van der Waals surface area contributed by atoms with Crippen molar-refractivity contribution >= 4 is 22.5 Å². The summed E-state index contributed by atoms with van der Waals surface area (Å²) in [5, 5.41) is 3.54. The third-order valence-electron chi connectivity index (χ3n) is 4.34. The monoisotopic (exact) mass is 448 g/mol. The van der Waals surface area contributed by atoms with Crippen molar-refractivity contribution in [1.29, 1.82) is 0 Å². The summed E-state index contributed by atoms with van der Waals surface area (Å²) in [4.78, 5) is 12.4. The van der Waals surface area contributed by atoms with Gasteiger partial charge in [0.05, 0.1) is 28.4 Å². The zero-order valence-electron chi connectivity index (χ0n) is 17.4. The highest BCUT2D eigenvalue weighted by Crippen LogP contribution is 2.37. The molecule has 0 amide bonds. The first-order valence-electron chi connectivity index (χ1n) is 9.05. The summed E-state index contributed by atoms with van der Waals surface area (Å²) in [6, 6.07) is 9.83. The molecule has 2 aromatic carbocycles. The van der Waals surface area contributed by atoms with Gasteiger partial charge in [0, 0.05) is 18.2 Å².